The molecule has 1 aromatic heterocycles. The fourth-order valence-corrected chi connectivity index (χ4v) is 7.37. The lowest BCUT2D eigenvalue weighted by molar-refractivity contribution is 0.632. The standard InChI is InChI=1S/C45H33N3/c1-45(2)38-17-9-11-19-42(38)48(43-20-12-10-18-39(43)45)35-24-26-37-33(28-35)22-21-32-27-34(23-25-36(32)37)41-29-40(30-13-5-3-6-14-30)46-44(47-41)31-15-7-4-8-16-31/h3-29H,1-2H3. The SMILES string of the molecule is CC1(C)c2ccccc2N(c2ccc3c(ccc4cc(-c5cc(-c6ccccc6)nc(-c6ccccc6)n5)ccc43)c2)c2ccccc21. The van der Waals surface area contributed by atoms with Gasteiger partial charge in [0.25, 0.3) is 0 Å². The van der Waals surface area contributed by atoms with Gasteiger partial charge in [0, 0.05) is 27.8 Å². The van der Waals surface area contributed by atoms with E-state index in [1.54, 1.807) is 0 Å². The Balaban J connectivity index is 1.15. The highest BCUT2D eigenvalue weighted by molar-refractivity contribution is 6.09. The van der Waals surface area contributed by atoms with E-state index >= 15 is 0 Å². The number of rotatable bonds is 4. The van der Waals surface area contributed by atoms with Crippen LogP contribution in [0.25, 0.3) is 55.4 Å². The third-order valence-electron chi connectivity index (χ3n) is 9.84. The molecular formula is C45H33N3. The van der Waals surface area contributed by atoms with Crippen LogP contribution in [0.4, 0.5) is 17.1 Å². The summed E-state index contributed by atoms with van der Waals surface area (Å²) in [6.07, 6.45) is 0. The second kappa shape index (κ2) is 11.0. The molecule has 0 saturated heterocycles. The smallest absolute Gasteiger partial charge is 0.160 e. The Hall–Kier alpha value is -6.06. The number of hydrogen-bond donors (Lipinski definition) is 0. The van der Waals surface area contributed by atoms with Crippen LogP contribution in [-0.2, 0) is 5.41 Å². The molecule has 0 N–H and O–H groups in total. The van der Waals surface area contributed by atoms with Gasteiger partial charge in [0.15, 0.2) is 5.82 Å². The predicted molar refractivity (Wildman–Crippen MR) is 200 cm³/mol. The Labute approximate surface area is 280 Å². The third-order valence-corrected chi connectivity index (χ3v) is 9.84. The lowest BCUT2D eigenvalue weighted by Gasteiger charge is -2.42. The minimum absolute atomic E-state index is 0.0815. The summed E-state index contributed by atoms with van der Waals surface area (Å²) >= 11 is 0. The van der Waals surface area contributed by atoms with Crippen LogP contribution >= 0.6 is 0 Å². The Morgan fingerprint density at radius 3 is 1.60 bits per heavy atom. The molecule has 0 saturated carbocycles. The molecule has 0 amide bonds. The van der Waals surface area contributed by atoms with Gasteiger partial charge in [-0.15, -0.1) is 0 Å². The van der Waals surface area contributed by atoms with Gasteiger partial charge in [0.2, 0.25) is 0 Å². The number of fused-ring (bicyclic) bond motifs is 5. The van der Waals surface area contributed by atoms with Crippen molar-refractivity contribution >= 4 is 38.6 Å². The zero-order valence-corrected chi connectivity index (χ0v) is 26.9. The highest BCUT2D eigenvalue weighted by atomic mass is 15.2. The average molecular weight is 616 g/mol. The molecule has 0 bridgehead atoms. The highest BCUT2D eigenvalue weighted by Crippen LogP contribution is 2.52. The summed E-state index contributed by atoms with van der Waals surface area (Å²) in [7, 11) is 0. The zero-order valence-electron chi connectivity index (χ0n) is 26.9. The number of aromatic nitrogens is 2. The van der Waals surface area contributed by atoms with E-state index in [9.17, 15) is 0 Å². The van der Waals surface area contributed by atoms with Gasteiger partial charge < -0.3 is 4.90 Å². The molecule has 1 aliphatic heterocycles. The van der Waals surface area contributed by atoms with Gasteiger partial charge in [0.05, 0.1) is 22.8 Å². The molecule has 0 unspecified atom stereocenters. The van der Waals surface area contributed by atoms with Gasteiger partial charge in [0.1, 0.15) is 0 Å². The summed E-state index contributed by atoms with van der Waals surface area (Å²) in [6.45, 7) is 4.66. The van der Waals surface area contributed by atoms with Gasteiger partial charge in [-0.05, 0) is 69.1 Å². The number of benzene rings is 7. The number of hydrogen-bond acceptors (Lipinski definition) is 3. The van der Waals surface area contributed by atoms with Crippen molar-refractivity contribution in [2.24, 2.45) is 0 Å². The first kappa shape index (κ1) is 28.2. The molecule has 0 atom stereocenters. The number of nitrogens with zero attached hydrogens (tertiary/aromatic N) is 3. The second-order valence-electron chi connectivity index (χ2n) is 13.1. The first-order valence-corrected chi connectivity index (χ1v) is 16.5. The van der Waals surface area contributed by atoms with E-state index in [0.717, 1.165) is 39.6 Å². The maximum atomic E-state index is 5.06. The molecule has 228 valence electrons. The van der Waals surface area contributed by atoms with Crippen LogP contribution in [0.3, 0.4) is 0 Å². The summed E-state index contributed by atoms with van der Waals surface area (Å²) in [5.41, 5.74) is 11.2. The van der Waals surface area contributed by atoms with Crippen LogP contribution in [0.5, 0.6) is 0 Å². The van der Waals surface area contributed by atoms with Crippen molar-refractivity contribution in [2.75, 3.05) is 4.90 Å². The second-order valence-corrected chi connectivity index (χ2v) is 13.1. The Bertz CT molecular complexity index is 2370. The van der Waals surface area contributed by atoms with Crippen LogP contribution in [0.15, 0.2) is 164 Å². The van der Waals surface area contributed by atoms with Gasteiger partial charge >= 0.3 is 0 Å². The maximum Gasteiger partial charge on any atom is 0.160 e. The van der Waals surface area contributed by atoms with Crippen LogP contribution < -0.4 is 4.90 Å². The van der Waals surface area contributed by atoms with Gasteiger partial charge in [-0.3, -0.25) is 0 Å². The van der Waals surface area contributed by atoms with Crippen LogP contribution in [0.1, 0.15) is 25.0 Å². The van der Waals surface area contributed by atoms with Crippen molar-refractivity contribution in [2.45, 2.75) is 19.3 Å². The minimum atomic E-state index is -0.0815. The van der Waals surface area contributed by atoms with Crippen molar-refractivity contribution in [3.8, 4) is 33.9 Å². The van der Waals surface area contributed by atoms with Crippen molar-refractivity contribution < 1.29 is 0 Å². The number of para-hydroxylation sites is 2. The number of anilines is 3. The van der Waals surface area contributed by atoms with E-state index in [4.69, 9.17) is 9.97 Å². The monoisotopic (exact) mass is 615 g/mol. The van der Waals surface area contributed by atoms with E-state index < -0.39 is 0 Å². The highest BCUT2D eigenvalue weighted by Gasteiger charge is 2.36. The fraction of sp³-hybridized carbons (Fsp3) is 0.0667. The van der Waals surface area contributed by atoms with Crippen molar-refractivity contribution in [1.29, 1.82) is 0 Å². The largest absolute Gasteiger partial charge is 0.310 e. The van der Waals surface area contributed by atoms with E-state index in [1.807, 2.05) is 24.3 Å². The third kappa shape index (κ3) is 4.58. The Morgan fingerprint density at radius 1 is 0.438 bits per heavy atom. The Kier molecular flexibility index (Phi) is 6.48. The van der Waals surface area contributed by atoms with E-state index in [2.05, 4.69) is 158 Å². The molecule has 0 spiro atoms. The van der Waals surface area contributed by atoms with E-state index in [1.165, 1.54) is 44.0 Å². The molecule has 3 heteroatoms. The van der Waals surface area contributed by atoms with E-state index in [-0.39, 0.29) is 5.41 Å². The zero-order chi connectivity index (χ0) is 32.2. The molecule has 1 aliphatic rings. The van der Waals surface area contributed by atoms with Crippen LogP contribution in [0, 0.1) is 0 Å². The van der Waals surface area contributed by atoms with Gasteiger partial charge in [-0.1, -0.05) is 141 Å². The quantitative estimate of drug-likeness (QED) is 0.184. The fourth-order valence-electron chi connectivity index (χ4n) is 7.37. The summed E-state index contributed by atoms with van der Waals surface area (Å²) in [5, 5.41) is 4.86. The molecule has 0 aliphatic carbocycles. The van der Waals surface area contributed by atoms with Crippen molar-refractivity contribution in [1.82, 2.24) is 9.97 Å². The van der Waals surface area contributed by atoms with Gasteiger partial charge in [-0.2, -0.15) is 0 Å². The first-order chi connectivity index (χ1) is 23.5. The molecule has 48 heavy (non-hydrogen) atoms. The van der Waals surface area contributed by atoms with Crippen LogP contribution in [0.2, 0.25) is 0 Å². The Morgan fingerprint density at radius 2 is 0.958 bits per heavy atom. The van der Waals surface area contributed by atoms with Gasteiger partial charge in [-0.25, -0.2) is 9.97 Å². The molecular weight excluding hydrogens is 583 g/mol. The molecule has 9 rings (SSSR count). The molecule has 0 radical (unpaired) electrons. The molecule has 8 aromatic rings. The van der Waals surface area contributed by atoms with E-state index in [0.29, 0.717) is 0 Å². The predicted octanol–water partition coefficient (Wildman–Crippen LogP) is 11.9. The molecule has 7 aromatic carbocycles. The molecule has 3 nitrogen and oxygen atoms in total. The summed E-state index contributed by atoms with van der Waals surface area (Å²) in [6, 6.07) is 58.4. The molecule has 0 fully saturated rings. The summed E-state index contributed by atoms with van der Waals surface area (Å²) < 4.78 is 0. The first-order valence-electron chi connectivity index (χ1n) is 16.5. The topological polar surface area (TPSA) is 29.0 Å². The van der Waals surface area contributed by atoms with Crippen molar-refractivity contribution in [3.63, 3.8) is 0 Å². The summed E-state index contributed by atoms with van der Waals surface area (Å²) in [4.78, 5) is 12.5. The van der Waals surface area contributed by atoms with Crippen LogP contribution in [-0.4, -0.2) is 9.97 Å². The normalized spacial score (nSPS) is 13.3. The molecule has 2 heterocycles. The maximum absolute atomic E-state index is 5.06. The lowest BCUT2D eigenvalue weighted by atomic mass is 9.73. The van der Waals surface area contributed by atoms with Crippen molar-refractivity contribution in [3.05, 3.63) is 175 Å². The lowest BCUT2D eigenvalue weighted by Crippen LogP contribution is -2.30. The average Bonchev–Trinajstić information content (AvgIpc) is 3.15. The minimum Gasteiger partial charge on any atom is -0.310 e. The summed E-state index contributed by atoms with van der Waals surface area (Å²) in [5.74, 6) is 0.724.